The average molecular weight is 380 g/mol. The van der Waals surface area contributed by atoms with Crippen molar-refractivity contribution in [1.29, 1.82) is 0 Å². The maximum atomic E-state index is 9.97. The van der Waals surface area contributed by atoms with Crippen molar-refractivity contribution in [2.45, 2.75) is 50.9 Å². The summed E-state index contributed by atoms with van der Waals surface area (Å²) in [6.07, 6.45) is 10.3. The Balaban J connectivity index is 1.43. The third-order valence-electron chi connectivity index (χ3n) is 7.18. The van der Waals surface area contributed by atoms with Gasteiger partial charge in [0.05, 0.1) is 5.69 Å². The van der Waals surface area contributed by atoms with Crippen molar-refractivity contribution in [3.8, 4) is 5.75 Å². The topological polar surface area (TPSA) is 32.6 Å². The van der Waals surface area contributed by atoms with E-state index >= 15 is 0 Å². The van der Waals surface area contributed by atoms with Crippen molar-refractivity contribution in [2.75, 3.05) is 0 Å². The third-order valence-corrected chi connectivity index (χ3v) is 7.41. The van der Waals surface area contributed by atoms with Gasteiger partial charge in [-0.15, -0.1) is 0 Å². The fraction of sp³-hybridized carbons (Fsp3) is 0.458. The number of phenols is 1. The SMILES string of the molecule is Cc1cc(C23CC4CC(CC(C4)C2)C3)ccc1N=Cc1cc(Cl)ccc1O. The average Bonchev–Trinajstić information content (AvgIpc) is 2.62. The molecule has 0 heterocycles. The van der Waals surface area contributed by atoms with Gasteiger partial charge < -0.3 is 5.11 Å². The quantitative estimate of drug-likeness (QED) is 0.600. The van der Waals surface area contributed by atoms with E-state index in [1.807, 2.05) is 0 Å². The second-order valence-electron chi connectivity index (χ2n) is 9.16. The minimum Gasteiger partial charge on any atom is -0.507 e. The number of benzene rings is 2. The molecule has 6 rings (SSSR count). The molecule has 4 fully saturated rings. The van der Waals surface area contributed by atoms with Gasteiger partial charge in [0, 0.05) is 16.8 Å². The normalized spacial score (nSPS) is 31.7. The molecule has 0 aliphatic heterocycles. The van der Waals surface area contributed by atoms with E-state index in [0.717, 1.165) is 23.4 Å². The summed E-state index contributed by atoms with van der Waals surface area (Å²) in [6.45, 7) is 2.15. The van der Waals surface area contributed by atoms with Crippen LogP contribution in [0.4, 0.5) is 5.69 Å². The minimum absolute atomic E-state index is 0.200. The predicted molar refractivity (Wildman–Crippen MR) is 111 cm³/mol. The van der Waals surface area contributed by atoms with Gasteiger partial charge in [-0.05, 0) is 104 Å². The number of hydrogen-bond acceptors (Lipinski definition) is 2. The highest BCUT2D eigenvalue weighted by Crippen LogP contribution is 2.60. The van der Waals surface area contributed by atoms with Gasteiger partial charge in [-0.25, -0.2) is 0 Å². The summed E-state index contributed by atoms with van der Waals surface area (Å²) in [4.78, 5) is 4.62. The number of nitrogens with zero attached hydrogens (tertiary/aromatic N) is 1. The Labute approximate surface area is 166 Å². The fourth-order valence-corrected chi connectivity index (χ4v) is 6.54. The zero-order valence-corrected chi connectivity index (χ0v) is 16.5. The first-order chi connectivity index (χ1) is 13.0. The van der Waals surface area contributed by atoms with Crippen LogP contribution >= 0.6 is 11.6 Å². The van der Waals surface area contributed by atoms with Gasteiger partial charge in [-0.3, -0.25) is 4.99 Å². The number of phenolic OH excluding ortho intramolecular Hbond substituents is 1. The highest BCUT2D eigenvalue weighted by molar-refractivity contribution is 6.30. The largest absolute Gasteiger partial charge is 0.507 e. The van der Waals surface area contributed by atoms with Crippen LogP contribution in [0.3, 0.4) is 0 Å². The van der Waals surface area contributed by atoms with Crippen LogP contribution in [0.15, 0.2) is 41.4 Å². The molecule has 2 nitrogen and oxygen atoms in total. The zero-order chi connectivity index (χ0) is 18.6. The van der Waals surface area contributed by atoms with Gasteiger partial charge in [-0.2, -0.15) is 0 Å². The van der Waals surface area contributed by atoms with Crippen LogP contribution in [0.5, 0.6) is 5.75 Å². The van der Waals surface area contributed by atoms with Crippen LogP contribution in [0.1, 0.15) is 55.2 Å². The molecule has 1 N–H and O–H groups in total. The van der Waals surface area contributed by atoms with Crippen molar-refractivity contribution < 1.29 is 5.11 Å². The van der Waals surface area contributed by atoms with Gasteiger partial charge in [0.1, 0.15) is 5.75 Å². The summed E-state index contributed by atoms with van der Waals surface area (Å²) in [5, 5.41) is 10.6. The van der Waals surface area contributed by atoms with E-state index in [9.17, 15) is 5.11 Å². The minimum atomic E-state index is 0.200. The number of aliphatic imine (C=N–C) groups is 1. The molecule has 4 aliphatic carbocycles. The molecule has 4 bridgehead atoms. The summed E-state index contributed by atoms with van der Waals surface area (Å²) in [5.74, 6) is 3.08. The Kier molecular flexibility index (Phi) is 4.09. The zero-order valence-electron chi connectivity index (χ0n) is 15.8. The number of aromatic hydroxyl groups is 1. The molecule has 4 saturated carbocycles. The molecule has 0 aromatic heterocycles. The van der Waals surface area contributed by atoms with E-state index in [-0.39, 0.29) is 5.75 Å². The third kappa shape index (κ3) is 3.08. The number of halogens is 1. The summed E-state index contributed by atoms with van der Waals surface area (Å²) in [6, 6.07) is 11.9. The first-order valence-electron chi connectivity index (χ1n) is 10.1. The van der Waals surface area contributed by atoms with Gasteiger partial charge in [-0.1, -0.05) is 23.7 Å². The van der Waals surface area contributed by atoms with E-state index < -0.39 is 0 Å². The standard InChI is InChI=1S/C24H26ClNO/c1-15-6-20(24-11-16-7-17(12-24)9-18(8-16)13-24)2-4-22(15)26-14-19-10-21(25)3-5-23(19)27/h2-6,10,14,16-18,27H,7-9,11-13H2,1H3. The van der Waals surface area contributed by atoms with E-state index in [0.29, 0.717) is 16.0 Å². The lowest BCUT2D eigenvalue weighted by atomic mass is 9.48. The Morgan fingerprint density at radius 1 is 1.00 bits per heavy atom. The van der Waals surface area contributed by atoms with Gasteiger partial charge in [0.15, 0.2) is 0 Å². The summed E-state index contributed by atoms with van der Waals surface area (Å²) in [5.41, 5.74) is 4.77. The molecular formula is C24H26ClNO. The molecule has 2 aromatic rings. The van der Waals surface area contributed by atoms with E-state index in [4.69, 9.17) is 11.6 Å². The monoisotopic (exact) mass is 379 g/mol. The smallest absolute Gasteiger partial charge is 0.124 e. The van der Waals surface area contributed by atoms with Gasteiger partial charge in [0.25, 0.3) is 0 Å². The fourth-order valence-electron chi connectivity index (χ4n) is 6.36. The molecule has 27 heavy (non-hydrogen) atoms. The van der Waals surface area contributed by atoms with E-state index in [1.165, 1.54) is 49.7 Å². The van der Waals surface area contributed by atoms with E-state index in [2.05, 4.69) is 30.1 Å². The van der Waals surface area contributed by atoms with Crippen LogP contribution in [-0.4, -0.2) is 11.3 Å². The predicted octanol–water partition coefficient (Wildman–Crippen LogP) is 6.57. The maximum absolute atomic E-state index is 9.97. The second-order valence-corrected chi connectivity index (χ2v) is 9.60. The Morgan fingerprint density at radius 3 is 2.30 bits per heavy atom. The molecule has 0 radical (unpaired) electrons. The molecule has 140 valence electrons. The van der Waals surface area contributed by atoms with Crippen molar-refractivity contribution in [3.05, 3.63) is 58.1 Å². The highest BCUT2D eigenvalue weighted by Gasteiger charge is 2.51. The van der Waals surface area contributed by atoms with Crippen LogP contribution in [0, 0.1) is 24.7 Å². The van der Waals surface area contributed by atoms with Crippen molar-refractivity contribution in [3.63, 3.8) is 0 Å². The Bertz CT molecular complexity index is 881. The lowest BCUT2D eigenvalue weighted by molar-refractivity contribution is -0.00520. The van der Waals surface area contributed by atoms with Crippen molar-refractivity contribution in [2.24, 2.45) is 22.7 Å². The Hall–Kier alpha value is -1.80. The summed E-state index contributed by atoms with van der Waals surface area (Å²) < 4.78 is 0. The van der Waals surface area contributed by atoms with E-state index in [1.54, 1.807) is 24.4 Å². The molecule has 0 atom stereocenters. The number of hydrogen-bond donors (Lipinski definition) is 1. The lowest BCUT2D eigenvalue weighted by Gasteiger charge is -2.57. The first-order valence-corrected chi connectivity index (χ1v) is 10.5. The molecule has 4 aliphatic rings. The molecule has 0 spiro atoms. The highest BCUT2D eigenvalue weighted by atomic mass is 35.5. The number of aryl methyl sites for hydroxylation is 1. The molecule has 2 aromatic carbocycles. The molecular weight excluding hydrogens is 354 g/mol. The molecule has 0 amide bonds. The van der Waals surface area contributed by atoms with Gasteiger partial charge >= 0.3 is 0 Å². The van der Waals surface area contributed by atoms with Gasteiger partial charge in [0.2, 0.25) is 0 Å². The Morgan fingerprint density at radius 2 is 1.67 bits per heavy atom. The van der Waals surface area contributed by atoms with Crippen molar-refractivity contribution in [1.82, 2.24) is 0 Å². The first kappa shape index (κ1) is 17.3. The van der Waals surface area contributed by atoms with Crippen molar-refractivity contribution >= 4 is 23.5 Å². The lowest BCUT2D eigenvalue weighted by Crippen LogP contribution is -2.48. The maximum Gasteiger partial charge on any atom is 0.124 e. The van der Waals surface area contributed by atoms with Crippen LogP contribution < -0.4 is 0 Å². The van der Waals surface area contributed by atoms with Crippen LogP contribution in [0.2, 0.25) is 5.02 Å². The summed E-state index contributed by atoms with van der Waals surface area (Å²) >= 11 is 6.03. The van der Waals surface area contributed by atoms with Crippen LogP contribution in [0.25, 0.3) is 0 Å². The molecule has 3 heteroatoms. The molecule has 0 saturated heterocycles. The summed E-state index contributed by atoms with van der Waals surface area (Å²) in [7, 11) is 0. The number of rotatable bonds is 3. The second kappa shape index (κ2) is 6.38. The van der Waals surface area contributed by atoms with Crippen LogP contribution in [-0.2, 0) is 5.41 Å². The molecule has 0 unspecified atom stereocenters.